The van der Waals surface area contributed by atoms with Crippen LogP contribution in [0.5, 0.6) is 0 Å². The van der Waals surface area contributed by atoms with Crippen molar-refractivity contribution in [2.45, 2.75) is 13.3 Å². The molecule has 0 saturated heterocycles. The highest BCUT2D eigenvalue weighted by Crippen LogP contribution is 2.13. The lowest BCUT2D eigenvalue weighted by molar-refractivity contribution is -0.131. The van der Waals surface area contributed by atoms with Gasteiger partial charge in [0.2, 0.25) is 0 Å². The highest BCUT2D eigenvalue weighted by Gasteiger charge is 1.96. The van der Waals surface area contributed by atoms with Gasteiger partial charge >= 0.3 is 5.97 Å². The number of carboxylic acid groups (broad SMARTS) is 1. The minimum atomic E-state index is -0.961. The summed E-state index contributed by atoms with van der Waals surface area (Å²) in [6.07, 6.45) is 7.44. The lowest BCUT2D eigenvalue weighted by Gasteiger charge is -2.00. The minimum absolute atomic E-state index is 0.123. The summed E-state index contributed by atoms with van der Waals surface area (Å²) in [5.74, 6) is -0.199. The number of rotatable bonds is 6. The number of carbonyl (C=O) groups is 2. The predicted octanol–water partition coefficient (Wildman–Crippen LogP) is 3.47. The molecule has 1 aromatic carbocycles. The van der Waals surface area contributed by atoms with Crippen molar-refractivity contribution in [2.75, 3.05) is 5.75 Å². The Bertz CT molecular complexity index is 504. The van der Waals surface area contributed by atoms with Gasteiger partial charge in [-0.1, -0.05) is 48.2 Å². The van der Waals surface area contributed by atoms with E-state index in [0.29, 0.717) is 0 Å². The summed E-state index contributed by atoms with van der Waals surface area (Å²) in [5.41, 5.74) is 1.83. The molecule has 1 rings (SSSR count). The Morgan fingerprint density at radius 2 is 1.84 bits per heavy atom. The van der Waals surface area contributed by atoms with Crippen molar-refractivity contribution in [1.29, 1.82) is 0 Å². The van der Waals surface area contributed by atoms with E-state index in [-0.39, 0.29) is 5.12 Å². The van der Waals surface area contributed by atoms with Gasteiger partial charge in [-0.2, -0.15) is 0 Å². The van der Waals surface area contributed by atoms with Crippen LogP contribution in [0.1, 0.15) is 24.5 Å². The van der Waals surface area contributed by atoms with E-state index in [4.69, 9.17) is 5.11 Å². The van der Waals surface area contributed by atoms with Gasteiger partial charge in [-0.25, -0.2) is 4.79 Å². The smallest absolute Gasteiger partial charge is 0.328 e. The Morgan fingerprint density at radius 3 is 2.42 bits per heavy atom. The standard InChI is InChI=1S/C15H16O3S/c1-12(16)19-11-5-4-8-13-6-2-3-7-14(13)9-10-15(17)18/h2-4,6-10H,5,11H2,1H3,(H,17,18)/b8-4?,10-9+. The first-order valence-corrected chi connectivity index (χ1v) is 6.88. The molecular formula is C15H16O3S. The van der Waals surface area contributed by atoms with E-state index in [1.54, 1.807) is 13.0 Å². The third kappa shape index (κ3) is 6.62. The molecule has 0 aliphatic heterocycles. The number of benzene rings is 1. The van der Waals surface area contributed by atoms with E-state index in [2.05, 4.69) is 0 Å². The Labute approximate surface area is 117 Å². The molecule has 1 aromatic rings. The Morgan fingerprint density at radius 1 is 1.21 bits per heavy atom. The van der Waals surface area contributed by atoms with E-state index in [0.717, 1.165) is 29.4 Å². The van der Waals surface area contributed by atoms with Crippen LogP contribution in [0.25, 0.3) is 12.2 Å². The van der Waals surface area contributed by atoms with Crippen molar-refractivity contribution in [1.82, 2.24) is 0 Å². The fourth-order valence-electron chi connectivity index (χ4n) is 1.46. The molecule has 0 saturated carbocycles. The molecule has 0 atom stereocenters. The van der Waals surface area contributed by atoms with Crippen molar-refractivity contribution < 1.29 is 14.7 Å². The fourth-order valence-corrected chi connectivity index (χ4v) is 2.00. The summed E-state index contributed by atoms with van der Waals surface area (Å²) in [4.78, 5) is 21.3. The number of hydrogen-bond acceptors (Lipinski definition) is 3. The van der Waals surface area contributed by atoms with E-state index in [1.165, 1.54) is 11.8 Å². The Balaban J connectivity index is 2.64. The zero-order chi connectivity index (χ0) is 14.1. The second kappa shape index (κ2) is 8.32. The van der Waals surface area contributed by atoms with Crippen LogP contribution in [0.2, 0.25) is 0 Å². The third-order valence-corrected chi connectivity index (χ3v) is 3.14. The SMILES string of the molecule is CC(=O)SCCC=Cc1ccccc1/C=C/C(=O)O. The molecule has 4 heteroatoms. The average molecular weight is 276 g/mol. The van der Waals surface area contributed by atoms with Crippen molar-refractivity contribution >= 4 is 35.0 Å². The predicted molar refractivity (Wildman–Crippen MR) is 79.9 cm³/mol. The fraction of sp³-hybridized carbons (Fsp3) is 0.200. The molecule has 3 nitrogen and oxygen atoms in total. The number of carbonyl (C=O) groups excluding carboxylic acids is 1. The number of carboxylic acids is 1. The van der Waals surface area contributed by atoms with Gasteiger partial charge in [-0.3, -0.25) is 4.79 Å². The maximum atomic E-state index is 10.8. The molecule has 0 fully saturated rings. The van der Waals surface area contributed by atoms with Crippen LogP contribution in [0.4, 0.5) is 0 Å². The topological polar surface area (TPSA) is 54.4 Å². The van der Waals surface area contributed by atoms with Gasteiger partial charge in [-0.05, 0) is 23.6 Å². The summed E-state index contributed by atoms with van der Waals surface area (Å²) in [7, 11) is 0. The van der Waals surface area contributed by atoms with Crippen molar-refractivity contribution in [3.8, 4) is 0 Å². The molecule has 0 aliphatic carbocycles. The number of thioether (sulfide) groups is 1. The summed E-state index contributed by atoms with van der Waals surface area (Å²) < 4.78 is 0. The molecule has 19 heavy (non-hydrogen) atoms. The first-order valence-electron chi connectivity index (χ1n) is 5.89. The van der Waals surface area contributed by atoms with E-state index in [1.807, 2.05) is 36.4 Å². The maximum absolute atomic E-state index is 10.8. The van der Waals surface area contributed by atoms with Crippen LogP contribution < -0.4 is 0 Å². The molecule has 0 aromatic heterocycles. The number of hydrogen-bond donors (Lipinski definition) is 1. The van der Waals surface area contributed by atoms with Crippen LogP contribution in [-0.4, -0.2) is 21.9 Å². The molecule has 0 spiro atoms. The Hall–Kier alpha value is -1.81. The molecular weight excluding hydrogens is 260 g/mol. The first-order chi connectivity index (χ1) is 9.09. The molecule has 0 aliphatic rings. The zero-order valence-corrected chi connectivity index (χ0v) is 11.5. The van der Waals surface area contributed by atoms with Gasteiger partial charge in [0, 0.05) is 18.8 Å². The van der Waals surface area contributed by atoms with Crippen molar-refractivity contribution in [3.05, 3.63) is 47.5 Å². The summed E-state index contributed by atoms with van der Waals surface area (Å²) in [5, 5.41) is 8.75. The maximum Gasteiger partial charge on any atom is 0.328 e. The average Bonchev–Trinajstić information content (AvgIpc) is 2.36. The van der Waals surface area contributed by atoms with Gasteiger partial charge in [0.25, 0.3) is 0 Å². The van der Waals surface area contributed by atoms with Gasteiger partial charge in [0.15, 0.2) is 5.12 Å². The molecule has 1 N–H and O–H groups in total. The highest BCUT2D eigenvalue weighted by atomic mass is 32.2. The monoisotopic (exact) mass is 276 g/mol. The number of allylic oxidation sites excluding steroid dienone is 1. The van der Waals surface area contributed by atoms with Crippen LogP contribution >= 0.6 is 11.8 Å². The van der Waals surface area contributed by atoms with Crippen LogP contribution in [0.15, 0.2) is 36.4 Å². The molecule has 0 heterocycles. The van der Waals surface area contributed by atoms with Crippen molar-refractivity contribution in [3.63, 3.8) is 0 Å². The van der Waals surface area contributed by atoms with Gasteiger partial charge in [0.1, 0.15) is 0 Å². The van der Waals surface area contributed by atoms with E-state index < -0.39 is 5.97 Å². The Kier molecular flexibility index (Phi) is 6.68. The van der Waals surface area contributed by atoms with E-state index >= 15 is 0 Å². The normalized spacial score (nSPS) is 11.2. The van der Waals surface area contributed by atoms with Crippen LogP contribution in [-0.2, 0) is 9.59 Å². The van der Waals surface area contributed by atoms with Gasteiger partial charge < -0.3 is 5.11 Å². The highest BCUT2D eigenvalue weighted by molar-refractivity contribution is 8.13. The molecule has 0 unspecified atom stereocenters. The second-order valence-corrected chi connectivity index (χ2v) is 5.10. The van der Waals surface area contributed by atoms with Crippen molar-refractivity contribution in [2.24, 2.45) is 0 Å². The van der Waals surface area contributed by atoms with E-state index in [9.17, 15) is 9.59 Å². The summed E-state index contributed by atoms with van der Waals surface area (Å²) >= 11 is 1.30. The first kappa shape index (κ1) is 15.2. The van der Waals surface area contributed by atoms with Crippen LogP contribution in [0, 0.1) is 0 Å². The van der Waals surface area contributed by atoms with Crippen LogP contribution in [0.3, 0.4) is 0 Å². The number of aliphatic carboxylic acids is 1. The summed E-state index contributed by atoms with van der Waals surface area (Å²) in [6.45, 7) is 1.56. The molecule has 0 bridgehead atoms. The molecule has 100 valence electrons. The summed E-state index contributed by atoms with van der Waals surface area (Å²) in [6, 6.07) is 7.56. The molecule has 0 radical (unpaired) electrons. The quantitative estimate of drug-likeness (QED) is 0.638. The molecule has 0 amide bonds. The lowest BCUT2D eigenvalue weighted by atomic mass is 10.1. The minimum Gasteiger partial charge on any atom is -0.478 e. The second-order valence-electron chi connectivity index (χ2n) is 3.83. The largest absolute Gasteiger partial charge is 0.478 e. The van der Waals surface area contributed by atoms with Gasteiger partial charge in [-0.15, -0.1) is 0 Å². The zero-order valence-electron chi connectivity index (χ0n) is 10.7. The lowest BCUT2D eigenvalue weighted by Crippen LogP contribution is -1.87. The third-order valence-electron chi connectivity index (χ3n) is 2.29. The van der Waals surface area contributed by atoms with Gasteiger partial charge in [0.05, 0.1) is 0 Å².